The first kappa shape index (κ1) is 17.0. The molecule has 0 aromatic carbocycles. The van der Waals surface area contributed by atoms with Crippen molar-refractivity contribution in [1.29, 1.82) is 0 Å². The fourth-order valence-corrected chi connectivity index (χ4v) is 1.69. The number of rotatable bonds is 5. The van der Waals surface area contributed by atoms with E-state index in [1.165, 1.54) is 10.6 Å². The van der Waals surface area contributed by atoms with Crippen molar-refractivity contribution >= 4 is 17.6 Å². The molecule has 0 bridgehead atoms. The van der Waals surface area contributed by atoms with Crippen LogP contribution in [0.5, 0.6) is 0 Å². The summed E-state index contributed by atoms with van der Waals surface area (Å²) in [5, 5.41) is 8.89. The summed E-state index contributed by atoms with van der Waals surface area (Å²) in [6, 6.07) is 0. The van der Waals surface area contributed by atoms with Gasteiger partial charge < -0.3 is 9.67 Å². The van der Waals surface area contributed by atoms with Crippen LogP contribution in [0, 0.1) is 0 Å². The minimum Gasteiger partial charge on any atom is -0.477 e. The van der Waals surface area contributed by atoms with Gasteiger partial charge in [-0.1, -0.05) is 30.4 Å². The summed E-state index contributed by atoms with van der Waals surface area (Å²) in [5.74, 6) is -1.22. The van der Waals surface area contributed by atoms with E-state index in [1.807, 2.05) is 0 Å². The Morgan fingerprint density at radius 3 is 2.62 bits per heavy atom. The molecule has 0 unspecified atom stereocenters. The molecule has 0 aliphatic carbocycles. The van der Waals surface area contributed by atoms with Crippen LogP contribution in [0.3, 0.4) is 0 Å². The monoisotopic (exact) mass is 320 g/mol. The highest BCUT2D eigenvalue weighted by Gasteiger charge is 2.30. The maximum atomic E-state index is 12.5. The third-order valence-corrected chi connectivity index (χ3v) is 2.83. The highest BCUT2D eigenvalue weighted by atomic mass is 35.5. The predicted molar refractivity (Wildman–Crippen MR) is 72.3 cm³/mol. The SMILES string of the molecule is C=C/C(=C\C=C(/C)Cn1c(C(=O)O)cnc1Cl)C(F)(F)F. The highest BCUT2D eigenvalue weighted by molar-refractivity contribution is 6.28. The number of alkyl halides is 3. The number of carboxylic acid groups (broad SMARTS) is 1. The minimum atomic E-state index is -4.49. The van der Waals surface area contributed by atoms with Gasteiger partial charge >= 0.3 is 12.1 Å². The molecule has 0 saturated heterocycles. The van der Waals surface area contributed by atoms with Gasteiger partial charge in [0.05, 0.1) is 11.8 Å². The molecule has 1 aromatic rings. The van der Waals surface area contributed by atoms with Crippen molar-refractivity contribution in [1.82, 2.24) is 9.55 Å². The highest BCUT2D eigenvalue weighted by Crippen LogP contribution is 2.26. The first-order valence-electron chi connectivity index (χ1n) is 5.68. The van der Waals surface area contributed by atoms with Gasteiger partial charge in [-0.25, -0.2) is 9.78 Å². The molecule has 0 fully saturated rings. The van der Waals surface area contributed by atoms with Crippen molar-refractivity contribution in [3.8, 4) is 0 Å². The Morgan fingerprint density at radius 1 is 1.52 bits per heavy atom. The zero-order valence-corrected chi connectivity index (χ0v) is 11.7. The summed E-state index contributed by atoms with van der Waals surface area (Å²) in [7, 11) is 0. The molecule has 1 heterocycles. The van der Waals surface area contributed by atoms with Crippen LogP contribution in [0.15, 0.2) is 42.2 Å². The van der Waals surface area contributed by atoms with Crippen LogP contribution >= 0.6 is 11.6 Å². The van der Waals surface area contributed by atoms with Crippen molar-refractivity contribution in [3.63, 3.8) is 0 Å². The Hall–Kier alpha value is -2.02. The molecular weight excluding hydrogens is 309 g/mol. The lowest BCUT2D eigenvalue weighted by molar-refractivity contribution is -0.0881. The first-order chi connectivity index (χ1) is 9.66. The molecule has 0 spiro atoms. The standard InChI is InChI=1S/C13H12ClF3N2O2/c1-3-9(13(15,16)17)5-4-8(2)7-19-10(11(20)21)6-18-12(19)14/h3-6H,1,7H2,2H3,(H,20,21)/b8-4+,9-5+. The van der Waals surface area contributed by atoms with Gasteiger partial charge in [0.25, 0.3) is 0 Å². The largest absolute Gasteiger partial charge is 0.477 e. The third kappa shape index (κ3) is 4.49. The van der Waals surface area contributed by atoms with Crippen molar-refractivity contribution in [3.05, 3.63) is 53.1 Å². The fraction of sp³-hybridized carbons (Fsp3) is 0.231. The number of allylic oxidation sites excluding steroid dienone is 5. The van der Waals surface area contributed by atoms with Crippen LogP contribution in [-0.4, -0.2) is 26.8 Å². The van der Waals surface area contributed by atoms with Crippen LogP contribution in [0.2, 0.25) is 5.28 Å². The predicted octanol–water partition coefficient (Wildman–Crippen LogP) is 3.86. The number of hydrogen-bond donors (Lipinski definition) is 1. The average molecular weight is 321 g/mol. The van der Waals surface area contributed by atoms with Gasteiger partial charge in [0.2, 0.25) is 5.28 Å². The molecule has 0 amide bonds. The molecule has 0 saturated carbocycles. The normalized spacial score (nSPS) is 13.4. The van der Waals surface area contributed by atoms with E-state index in [4.69, 9.17) is 16.7 Å². The van der Waals surface area contributed by atoms with Crippen LogP contribution in [0.1, 0.15) is 17.4 Å². The Kier molecular flexibility index (Phi) is 5.37. The van der Waals surface area contributed by atoms with Gasteiger partial charge in [-0.2, -0.15) is 13.2 Å². The van der Waals surface area contributed by atoms with E-state index in [0.717, 1.165) is 12.3 Å². The van der Waals surface area contributed by atoms with E-state index >= 15 is 0 Å². The molecule has 0 atom stereocenters. The molecule has 8 heteroatoms. The Balaban J connectivity index is 3.01. The number of hydrogen-bond acceptors (Lipinski definition) is 2. The lowest BCUT2D eigenvalue weighted by atomic mass is 10.2. The Morgan fingerprint density at radius 2 is 2.14 bits per heavy atom. The molecule has 1 rings (SSSR count). The van der Waals surface area contributed by atoms with Crippen molar-refractivity contribution in [2.45, 2.75) is 19.6 Å². The number of imidazole rings is 1. The molecule has 0 aliphatic rings. The minimum absolute atomic E-state index is 0.0131. The van der Waals surface area contributed by atoms with Crippen LogP contribution in [0.25, 0.3) is 0 Å². The zero-order chi connectivity index (χ0) is 16.2. The van der Waals surface area contributed by atoms with E-state index < -0.39 is 17.7 Å². The van der Waals surface area contributed by atoms with Gasteiger partial charge in [0.15, 0.2) is 0 Å². The average Bonchev–Trinajstić information content (AvgIpc) is 2.70. The maximum Gasteiger partial charge on any atom is 0.416 e. The topological polar surface area (TPSA) is 55.1 Å². The molecule has 0 radical (unpaired) electrons. The van der Waals surface area contributed by atoms with Gasteiger partial charge in [-0.05, 0) is 18.5 Å². The number of aromatic carboxylic acids is 1. The zero-order valence-electron chi connectivity index (χ0n) is 11.0. The summed E-state index contributed by atoms with van der Waals surface area (Å²) in [6.45, 7) is 4.67. The van der Waals surface area contributed by atoms with E-state index in [0.29, 0.717) is 11.6 Å². The maximum absolute atomic E-state index is 12.5. The molecular formula is C13H12ClF3N2O2. The molecule has 4 nitrogen and oxygen atoms in total. The number of halogens is 4. The molecule has 0 aliphatic heterocycles. The quantitative estimate of drug-likeness (QED) is 0.838. The second kappa shape index (κ2) is 6.62. The van der Waals surface area contributed by atoms with Crippen molar-refractivity contribution in [2.75, 3.05) is 0 Å². The van der Waals surface area contributed by atoms with E-state index in [1.54, 1.807) is 6.92 Å². The number of aromatic nitrogens is 2. The molecule has 21 heavy (non-hydrogen) atoms. The van der Waals surface area contributed by atoms with Crippen LogP contribution in [-0.2, 0) is 6.54 Å². The van der Waals surface area contributed by atoms with E-state index in [9.17, 15) is 18.0 Å². The first-order valence-corrected chi connectivity index (χ1v) is 6.06. The van der Waals surface area contributed by atoms with Gasteiger partial charge in [-0.3, -0.25) is 0 Å². The summed E-state index contributed by atoms with van der Waals surface area (Å²) in [6.07, 6.45) is -0.604. The summed E-state index contributed by atoms with van der Waals surface area (Å²) in [4.78, 5) is 14.6. The van der Waals surface area contributed by atoms with Gasteiger partial charge in [-0.15, -0.1) is 0 Å². The summed E-state index contributed by atoms with van der Waals surface area (Å²) in [5.41, 5.74) is -0.561. The Labute approximate surface area is 123 Å². The van der Waals surface area contributed by atoms with E-state index in [-0.39, 0.29) is 17.5 Å². The summed E-state index contributed by atoms with van der Waals surface area (Å²) < 4.78 is 38.7. The smallest absolute Gasteiger partial charge is 0.416 e. The molecule has 1 N–H and O–H groups in total. The Bertz CT molecular complexity index is 615. The second-order valence-electron chi connectivity index (χ2n) is 4.14. The lowest BCUT2D eigenvalue weighted by Gasteiger charge is -2.08. The van der Waals surface area contributed by atoms with Crippen LogP contribution < -0.4 is 0 Å². The fourth-order valence-electron chi connectivity index (χ4n) is 1.49. The lowest BCUT2D eigenvalue weighted by Crippen LogP contribution is -2.10. The number of carboxylic acids is 1. The van der Waals surface area contributed by atoms with Gasteiger partial charge in [0, 0.05) is 6.54 Å². The number of nitrogens with zero attached hydrogens (tertiary/aromatic N) is 2. The second-order valence-corrected chi connectivity index (χ2v) is 4.48. The van der Waals surface area contributed by atoms with E-state index in [2.05, 4.69) is 11.6 Å². The molecule has 114 valence electrons. The van der Waals surface area contributed by atoms with Gasteiger partial charge in [0.1, 0.15) is 5.69 Å². The van der Waals surface area contributed by atoms with Crippen molar-refractivity contribution < 1.29 is 23.1 Å². The van der Waals surface area contributed by atoms with Crippen molar-refractivity contribution in [2.24, 2.45) is 0 Å². The van der Waals surface area contributed by atoms with Crippen LogP contribution in [0.4, 0.5) is 13.2 Å². The molecule has 1 aromatic heterocycles. The summed E-state index contributed by atoms with van der Waals surface area (Å²) >= 11 is 5.75. The number of carbonyl (C=O) groups is 1. The third-order valence-electron chi connectivity index (χ3n) is 2.53.